The van der Waals surface area contributed by atoms with E-state index in [4.69, 9.17) is 9.47 Å². The molecule has 41 heavy (non-hydrogen) atoms. The first-order chi connectivity index (χ1) is 19.3. The molecule has 0 spiro atoms. The average Bonchev–Trinajstić information content (AvgIpc) is 3.28. The van der Waals surface area contributed by atoms with Crippen molar-refractivity contribution in [3.63, 3.8) is 0 Å². The molecule has 12 heteroatoms. The van der Waals surface area contributed by atoms with Crippen molar-refractivity contribution in [2.75, 3.05) is 18.4 Å². The smallest absolute Gasteiger partial charge is 0.410 e. The maximum absolute atomic E-state index is 14.5. The van der Waals surface area contributed by atoms with Crippen LogP contribution in [0.5, 0.6) is 5.75 Å². The number of anilines is 1. The van der Waals surface area contributed by atoms with Crippen molar-refractivity contribution >= 4 is 44.3 Å². The zero-order chi connectivity index (χ0) is 29.9. The third-order valence-corrected chi connectivity index (χ3v) is 7.13. The van der Waals surface area contributed by atoms with Crippen LogP contribution in [0.15, 0.2) is 47.1 Å². The molecule has 0 saturated carbocycles. The largest absolute Gasteiger partial charge is 0.490 e. The molecule has 1 amide bonds. The minimum absolute atomic E-state index is 0.00609. The Kier molecular flexibility index (Phi) is 9.31. The van der Waals surface area contributed by atoms with E-state index >= 15 is 0 Å². The number of nitro groups is 1. The summed E-state index contributed by atoms with van der Waals surface area (Å²) in [6.07, 6.45) is 0.154. The number of halogens is 3. The van der Waals surface area contributed by atoms with Crippen LogP contribution in [-0.4, -0.2) is 51.9 Å². The number of carbonyl (C=O) groups excluding carboxylic acids is 1. The first-order valence-electron chi connectivity index (χ1n) is 13.4. The zero-order valence-electron chi connectivity index (χ0n) is 23.3. The van der Waals surface area contributed by atoms with E-state index in [1.165, 1.54) is 29.3 Å². The molecule has 0 unspecified atom stereocenters. The number of nitrogens with one attached hydrogen (secondary N) is 1. The molecule has 9 nitrogen and oxygen atoms in total. The van der Waals surface area contributed by atoms with Crippen LogP contribution in [0, 0.1) is 15.9 Å². The number of aromatic nitrogens is 1. The van der Waals surface area contributed by atoms with Crippen molar-refractivity contribution in [3.05, 3.63) is 68.6 Å². The molecule has 4 rings (SSSR count). The number of ether oxygens (including phenoxy) is 2. The van der Waals surface area contributed by atoms with Gasteiger partial charge in [-0.2, -0.15) is 0 Å². The lowest BCUT2D eigenvalue weighted by atomic mass is 10.0. The van der Waals surface area contributed by atoms with Crippen molar-refractivity contribution < 1.29 is 28.0 Å². The van der Waals surface area contributed by atoms with Gasteiger partial charge in [-0.3, -0.25) is 15.0 Å². The van der Waals surface area contributed by atoms with E-state index in [0.717, 1.165) is 4.47 Å². The van der Waals surface area contributed by atoms with Gasteiger partial charge in [0.15, 0.2) is 0 Å². The standard InChI is InChI=1S/C29H33BrF2N4O5/c1-17(6-5-11-33-27-21-12-18(30)7-9-23(21)34-15-25(27)36(38)39)40-26-10-8-19(31)13-22(26)24-14-20(32)16-35(24)28(37)41-29(2,3)4/h7-10,12-13,15,17,20,24H,5-6,11,14,16H2,1-4H3,(H,33,34)/t17-,20+,24-/m1/s1. The van der Waals surface area contributed by atoms with Gasteiger partial charge in [-0.15, -0.1) is 0 Å². The lowest BCUT2D eigenvalue weighted by Crippen LogP contribution is -2.37. The van der Waals surface area contributed by atoms with Gasteiger partial charge in [-0.05, 0) is 76.9 Å². The zero-order valence-corrected chi connectivity index (χ0v) is 24.9. The van der Waals surface area contributed by atoms with Crippen LogP contribution in [0.1, 0.15) is 58.6 Å². The van der Waals surface area contributed by atoms with Crippen LogP contribution in [0.25, 0.3) is 10.9 Å². The Labute approximate surface area is 245 Å². The third-order valence-electron chi connectivity index (χ3n) is 6.63. The highest BCUT2D eigenvalue weighted by Crippen LogP contribution is 2.40. The molecule has 1 N–H and O–H groups in total. The summed E-state index contributed by atoms with van der Waals surface area (Å²) in [6.45, 7) is 7.31. The fourth-order valence-electron chi connectivity index (χ4n) is 4.85. The van der Waals surface area contributed by atoms with E-state index in [2.05, 4.69) is 26.2 Å². The lowest BCUT2D eigenvalue weighted by Gasteiger charge is -2.29. The summed E-state index contributed by atoms with van der Waals surface area (Å²) >= 11 is 3.41. The Morgan fingerprint density at radius 1 is 1.29 bits per heavy atom. The fraction of sp³-hybridized carbons (Fsp3) is 0.448. The molecule has 1 aliphatic heterocycles. The highest BCUT2D eigenvalue weighted by molar-refractivity contribution is 9.10. The molecule has 3 atom stereocenters. The molecule has 1 fully saturated rings. The van der Waals surface area contributed by atoms with Crippen LogP contribution >= 0.6 is 15.9 Å². The molecular weight excluding hydrogens is 602 g/mol. The molecule has 1 aliphatic rings. The second kappa shape index (κ2) is 12.5. The van der Waals surface area contributed by atoms with Crippen molar-refractivity contribution in [2.24, 2.45) is 0 Å². The summed E-state index contributed by atoms with van der Waals surface area (Å²) in [6, 6.07) is 8.67. The molecule has 220 valence electrons. The Balaban J connectivity index is 1.44. The number of amides is 1. The second-order valence-corrected chi connectivity index (χ2v) is 12.0. The normalized spacial score (nSPS) is 17.9. The van der Waals surface area contributed by atoms with Crippen molar-refractivity contribution in [3.8, 4) is 5.75 Å². The van der Waals surface area contributed by atoms with Crippen LogP contribution in [0.2, 0.25) is 0 Å². The minimum atomic E-state index is -1.28. The van der Waals surface area contributed by atoms with Gasteiger partial charge in [-0.1, -0.05) is 15.9 Å². The number of fused-ring (bicyclic) bond motifs is 1. The van der Waals surface area contributed by atoms with Crippen LogP contribution in [-0.2, 0) is 4.74 Å². The van der Waals surface area contributed by atoms with E-state index in [1.54, 1.807) is 32.9 Å². The van der Waals surface area contributed by atoms with Gasteiger partial charge >= 0.3 is 11.8 Å². The molecule has 2 aromatic carbocycles. The number of hydrogen-bond donors (Lipinski definition) is 1. The van der Waals surface area contributed by atoms with Crippen molar-refractivity contribution in [1.82, 2.24) is 9.88 Å². The highest BCUT2D eigenvalue weighted by Gasteiger charge is 2.40. The summed E-state index contributed by atoms with van der Waals surface area (Å²) in [5.41, 5.74) is 0.516. The van der Waals surface area contributed by atoms with Gasteiger partial charge in [0.25, 0.3) is 0 Å². The predicted octanol–water partition coefficient (Wildman–Crippen LogP) is 7.72. The number of alkyl halides is 1. The first kappa shape index (κ1) is 30.4. The Bertz CT molecular complexity index is 1430. The maximum Gasteiger partial charge on any atom is 0.410 e. The van der Waals surface area contributed by atoms with Gasteiger partial charge < -0.3 is 14.8 Å². The molecule has 3 aromatic rings. The summed E-state index contributed by atoms with van der Waals surface area (Å²) in [5, 5.41) is 15.4. The SMILES string of the molecule is C[C@H](CCCNc1c([N+](=O)[O-])cnc2ccc(Br)cc12)Oc1ccc(F)cc1[C@H]1C[C@H](F)CN1C(=O)OC(C)(C)C. The number of rotatable bonds is 9. The van der Waals surface area contributed by atoms with E-state index in [9.17, 15) is 23.7 Å². The summed E-state index contributed by atoms with van der Waals surface area (Å²) < 4.78 is 41.2. The monoisotopic (exact) mass is 634 g/mol. The maximum atomic E-state index is 14.5. The average molecular weight is 636 g/mol. The quantitative estimate of drug-likeness (QED) is 0.146. The van der Waals surface area contributed by atoms with E-state index < -0.39 is 34.6 Å². The summed E-state index contributed by atoms with van der Waals surface area (Å²) in [4.78, 5) is 29.4. The third kappa shape index (κ3) is 7.60. The lowest BCUT2D eigenvalue weighted by molar-refractivity contribution is -0.384. The van der Waals surface area contributed by atoms with Crippen LogP contribution < -0.4 is 10.1 Å². The molecule has 1 aromatic heterocycles. The number of pyridine rings is 1. The number of hydrogen-bond acceptors (Lipinski definition) is 7. The van der Waals surface area contributed by atoms with E-state index in [0.29, 0.717) is 47.3 Å². The summed E-state index contributed by atoms with van der Waals surface area (Å²) in [7, 11) is 0. The van der Waals surface area contributed by atoms with Gasteiger partial charge in [0.1, 0.15) is 35.2 Å². The van der Waals surface area contributed by atoms with Crippen molar-refractivity contribution in [2.45, 2.75) is 70.9 Å². The number of likely N-dealkylation sites (tertiary alicyclic amines) is 1. The van der Waals surface area contributed by atoms with Gasteiger partial charge in [0.2, 0.25) is 0 Å². The summed E-state index contributed by atoms with van der Waals surface area (Å²) in [5.74, 6) is -0.159. The van der Waals surface area contributed by atoms with E-state index in [-0.39, 0.29) is 24.8 Å². The fourth-order valence-corrected chi connectivity index (χ4v) is 5.21. The minimum Gasteiger partial charge on any atom is -0.490 e. The Hall–Kier alpha value is -3.54. The number of nitrogens with zero attached hydrogens (tertiary/aromatic N) is 3. The number of carbonyl (C=O) groups is 1. The van der Waals surface area contributed by atoms with Crippen LogP contribution in [0.4, 0.5) is 25.0 Å². The van der Waals surface area contributed by atoms with E-state index in [1.807, 2.05) is 13.0 Å². The van der Waals surface area contributed by atoms with Gasteiger partial charge in [0, 0.05) is 28.4 Å². The molecule has 0 bridgehead atoms. The molecular formula is C29H33BrF2N4O5. The molecule has 0 aliphatic carbocycles. The highest BCUT2D eigenvalue weighted by atomic mass is 79.9. The van der Waals surface area contributed by atoms with Gasteiger partial charge in [-0.25, -0.2) is 18.6 Å². The van der Waals surface area contributed by atoms with Gasteiger partial charge in [0.05, 0.1) is 29.1 Å². The molecule has 0 radical (unpaired) electrons. The molecule has 2 heterocycles. The Morgan fingerprint density at radius 3 is 2.76 bits per heavy atom. The predicted molar refractivity (Wildman–Crippen MR) is 156 cm³/mol. The first-order valence-corrected chi connectivity index (χ1v) is 14.2. The van der Waals surface area contributed by atoms with Crippen LogP contribution in [0.3, 0.4) is 0 Å². The Morgan fingerprint density at radius 2 is 2.05 bits per heavy atom. The molecule has 1 saturated heterocycles. The second-order valence-electron chi connectivity index (χ2n) is 11.1. The van der Waals surface area contributed by atoms with Crippen molar-refractivity contribution in [1.29, 1.82) is 0 Å². The topological polar surface area (TPSA) is 107 Å². The number of benzene rings is 2.